The Labute approximate surface area is 180 Å². The lowest BCUT2D eigenvalue weighted by Crippen LogP contribution is -2.27. The highest BCUT2D eigenvalue weighted by molar-refractivity contribution is 9.10. The smallest absolute Gasteiger partial charge is 0.305 e. The molecule has 0 amide bonds. The summed E-state index contributed by atoms with van der Waals surface area (Å²) in [7, 11) is 0. The summed E-state index contributed by atoms with van der Waals surface area (Å²) in [6.07, 6.45) is -1.47. The third-order valence-electron chi connectivity index (χ3n) is 4.93. The maximum Gasteiger partial charge on any atom is 0.305 e. The van der Waals surface area contributed by atoms with E-state index in [1.807, 2.05) is 0 Å². The van der Waals surface area contributed by atoms with E-state index in [1.54, 1.807) is 24.0 Å². The van der Waals surface area contributed by atoms with Crippen molar-refractivity contribution in [1.29, 1.82) is 0 Å². The van der Waals surface area contributed by atoms with Gasteiger partial charge in [-0.15, -0.1) is 0 Å². The molecular formula is C20H20BrF2N3O4. The predicted octanol–water partition coefficient (Wildman–Crippen LogP) is 5.65. The number of alkyl halides is 2. The Kier molecular flexibility index (Phi) is 6.55. The van der Waals surface area contributed by atoms with Gasteiger partial charge >= 0.3 is 5.97 Å². The van der Waals surface area contributed by atoms with E-state index in [0.29, 0.717) is 28.8 Å². The van der Waals surface area contributed by atoms with E-state index in [9.17, 15) is 23.7 Å². The molecule has 0 bridgehead atoms. The number of fused-ring (bicyclic) bond motifs is 1. The summed E-state index contributed by atoms with van der Waals surface area (Å²) >= 11 is 3.20. The first-order chi connectivity index (χ1) is 14.2. The molecule has 0 radical (unpaired) electrons. The molecule has 1 unspecified atom stereocenters. The summed E-state index contributed by atoms with van der Waals surface area (Å²) in [6, 6.07) is 7.03. The van der Waals surface area contributed by atoms with Gasteiger partial charge in [0.1, 0.15) is 5.69 Å². The number of halogens is 3. The van der Waals surface area contributed by atoms with Crippen LogP contribution in [-0.2, 0) is 11.2 Å². The van der Waals surface area contributed by atoms with Crippen molar-refractivity contribution >= 4 is 44.6 Å². The number of nitro benzene ring substituents is 1. The monoisotopic (exact) mass is 483 g/mol. The SMILES string of the molecule is CC(CC(=O)O)Nc1c(N2CCCc3cc(Br)c(C(F)F)cc32)cccc1[N+](=O)[O-]. The van der Waals surface area contributed by atoms with Crippen molar-refractivity contribution in [3.05, 3.63) is 56.0 Å². The van der Waals surface area contributed by atoms with Crippen LogP contribution >= 0.6 is 15.9 Å². The summed E-state index contributed by atoms with van der Waals surface area (Å²) in [6.45, 7) is 2.10. The Morgan fingerprint density at radius 1 is 1.37 bits per heavy atom. The molecule has 7 nitrogen and oxygen atoms in total. The second-order valence-corrected chi connectivity index (χ2v) is 7.98. The van der Waals surface area contributed by atoms with Gasteiger partial charge in [0.25, 0.3) is 12.1 Å². The van der Waals surface area contributed by atoms with E-state index < -0.39 is 23.4 Å². The number of hydrogen-bond acceptors (Lipinski definition) is 5. The van der Waals surface area contributed by atoms with Crippen molar-refractivity contribution < 1.29 is 23.6 Å². The average Bonchev–Trinajstić information content (AvgIpc) is 2.66. The molecule has 0 aliphatic carbocycles. The molecule has 0 spiro atoms. The molecular weight excluding hydrogens is 464 g/mol. The minimum atomic E-state index is -2.67. The van der Waals surface area contributed by atoms with E-state index >= 15 is 0 Å². The van der Waals surface area contributed by atoms with E-state index in [-0.39, 0.29) is 23.4 Å². The minimum absolute atomic E-state index is 0.153. The number of nitrogens with one attached hydrogen (secondary N) is 1. The second-order valence-electron chi connectivity index (χ2n) is 7.13. The first-order valence-electron chi connectivity index (χ1n) is 9.32. The number of rotatable bonds is 7. The van der Waals surface area contributed by atoms with E-state index in [1.165, 1.54) is 18.2 Å². The predicted molar refractivity (Wildman–Crippen MR) is 113 cm³/mol. The third-order valence-corrected chi connectivity index (χ3v) is 5.62. The van der Waals surface area contributed by atoms with Crippen molar-refractivity contribution in [1.82, 2.24) is 0 Å². The van der Waals surface area contributed by atoms with Crippen LogP contribution in [0.1, 0.15) is 37.3 Å². The molecule has 0 saturated heterocycles. The van der Waals surface area contributed by atoms with Gasteiger partial charge in [0.15, 0.2) is 0 Å². The molecule has 1 atom stereocenters. The summed E-state index contributed by atoms with van der Waals surface area (Å²) in [5, 5.41) is 23.6. The maximum atomic E-state index is 13.5. The lowest BCUT2D eigenvalue weighted by molar-refractivity contribution is -0.383. The van der Waals surface area contributed by atoms with Crippen LogP contribution in [0, 0.1) is 10.1 Å². The Morgan fingerprint density at radius 2 is 2.10 bits per heavy atom. The lowest BCUT2D eigenvalue weighted by Gasteiger charge is -2.34. The van der Waals surface area contributed by atoms with Gasteiger partial charge < -0.3 is 15.3 Å². The molecule has 1 aliphatic heterocycles. The number of hydrogen-bond donors (Lipinski definition) is 2. The number of para-hydroxylation sites is 1. The summed E-state index contributed by atoms with van der Waals surface area (Å²) in [5.41, 5.74) is 1.68. The fourth-order valence-corrected chi connectivity index (χ4v) is 4.21. The number of carboxylic acid groups (broad SMARTS) is 1. The highest BCUT2D eigenvalue weighted by Crippen LogP contribution is 2.44. The van der Waals surface area contributed by atoms with Crippen LogP contribution in [0.15, 0.2) is 34.8 Å². The number of aryl methyl sites for hydroxylation is 1. The molecule has 1 aliphatic rings. The van der Waals surface area contributed by atoms with Crippen LogP contribution < -0.4 is 10.2 Å². The lowest BCUT2D eigenvalue weighted by atomic mass is 9.98. The Morgan fingerprint density at radius 3 is 2.73 bits per heavy atom. The van der Waals surface area contributed by atoms with Crippen molar-refractivity contribution in [2.75, 3.05) is 16.8 Å². The molecule has 30 heavy (non-hydrogen) atoms. The van der Waals surface area contributed by atoms with Crippen LogP contribution in [0.5, 0.6) is 0 Å². The van der Waals surface area contributed by atoms with Gasteiger partial charge in [0.2, 0.25) is 0 Å². The van der Waals surface area contributed by atoms with Crippen molar-refractivity contribution in [2.24, 2.45) is 0 Å². The maximum absolute atomic E-state index is 13.5. The molecule has 10 heteroatoms. The number of benzene rings is 2. The van der Waals surface area contributed by atoms with Gasteiger partial charge in [-0.3, -0.25) is 14.9 Å². The summed E-state index contributed by atoms with van der Waals surface area (Å²) in [5.74, 6) is -1.04. The molecule has 0 saturated carbocycles. The zero-order valence-electron chi connectivity index (χ0n) is 16.1. The van der Waals surface area contributed by atoms with Crippen LogP contribution in [0.25, 0.3) is 0 Å². The van der Waals surface area contributed by atoms with Crippen LogP contribution in [0.3, 0.4) is 0 Å². The van der Waals surface area contributed by atoms with Gasteiger partial charge in [-0.2, -0.15) is 0 Å². The number of nitrogens with zero attached hydrogens (tertiary/aromatic N) is 2. The van der Waals surface area contributed by atoms with Gasteiger partial charge in [-0.05, 0) is 43.5 Å². The zero-order valence-corrected chi connectivity index (χ0v) is 17.7. The molecule has 2 aromatic carbocycles. The highest BCUT2D eigenvalue weighted by Gasteiger charge is 2.28. The molecule has 2 aromatic rings. The van der Waals surface area contributed by atoms with Crippen molar-refractivity contribution in [3.63, 3.8) is 0 Å². The van der Waals surface area contributed by atoms with Crippen molar-refractivity contribution in [3.8, 4) is 0 Å². The molecule has 0 fully saturated rings. The molecule has 3 rings (SSSR count). The number of nitro groups is 1. The normalized spacial score (nSPS) is 14.4. The Hall–Kier alpha value is -2.75. The third kappa shape index (κ3) is 4.53. The van der Waals surface area contributed by atoms with Crippen LogP contribution in [0.2, 0.25) is 0 Å². The topological polar surface area (TPSA) is 95.7 Å². The Balaban J connectivity index is 2.13. The molecule has 2 N–H and O–H groups in total. The van der Waals surface area contributed by atoms with Gasteiger partial charge in [-0.25, -0.2) is 8.78 Å². The first-order valence-corrected chi connectivity index (χ1v) is 10.1. The number of carboxylic acids is 1. The number of aliphatic carboxylic acids is 1. The zero-order chi connectivity index (χ0) is 22.0. The molecule has 0 aromatic heterocycles. The van der Waals surface area contributed by atoms with E-state index in [2.05, 4.69) is 21.2 Å². The summed E-state index contributed by atoms with van der Waals surface area (Å²) in [4.78, 5) is 23.9. The molecule has 160 valence electrons. The summed E-state index contributed by atoms with van der Waals surface area (Å²) < 4.78 is 27.3. The largest absolute Gasteiger partial charge is 0.481 e. The fourth-order valence-electron chi connectivity index (χ4n) is 3.65. The number of anilines is 3. The standard InChI is InChI=1S/C20H20BrF2N3O4/c1-11(8-18(27)28)24-19-15(5-2-6-16(19)26(29)30)25-7-3-4-12-9-14(21)13(20(22)23)10-17(12)25/h2,5-6,9-11,20,24H,3-4,7-8H2,1H3,(H,27,28). The Bertz CT molecular complexity index is 987. The van der Waals surface area contributed by atoms with Gasteiger partial charge in [0, 0.05) is 34.4 Å². The van der Waals surface area contributed by atoms with E-state index in [0.717, 1.165) is 12.0 Å². The minimum Gasteiger partial charge on any atom is -0.481 e. The average molecular weight is 484 g/mol. The van der Waals surface area contributed by atoms with Gasteiger partial charge in [0.05, 0.1) is 17.0 Å². The highest BCUT2D eigenvalue weighted by atomic mass is 79.9. The number of carbonyl (C=O) groups is 1. The second kappa shape index (κ2) is 8.95. The van der Waals surface area contributed by atoms with Crippen molar-refractivity contribution in [2.45, 2.75) is 38.7 Å². The first kappa shape index (κ1) is 21.9. The van der Waals surface area contributed by atoms with Crippen LogP contribution in [-0.4, -0.2) is 28.6 Å². The van der Waals surface area contributed by atoms with E-state index in [4.69, 9.17) is 5.11 Å². The quantitative estimate of drug-likeness (QED) is 0.389. The fraction of sp³-hybridized carbons (Fsp3) is 0.350. The molecule has 1 heterocycles. The van der Waals surface area contributed by atoms with Crippen LogP contribution in [0.4, 0.5) is 31.5 Å². The van der Waals surface area contributed by atoms with Gasteiger partial charge in [-0.1, -0.05) is 22.0 Å².